The van der Waals surface area contributed by atoms with Gasteiger partial charge in [-0.25, -0.2) is 4.79 Å². The summed E-state index contributed by atoms with van der Waals surface area (Å²) in [7, 11) is 0. The molecule has 0 saturated carbocycles. The number of ether oxygens (including phenoxy) is 1. The first-order valence-corrected chi connectivity index (χ1v) is 9.84. The van der Waals surface area contributed by atoms with E-state index in [0.29, 0.717) is 11.3 Å². The average Bonchev–Trinajstić information content (AvgIpc) is 3.10. The van der Waals surface area contributed by atoms with Gasteiger partial charge in [-0.05, 0) is 48.9 Å². The number of carbonyl (C=O) groups excluding carboxylic acids is 1. The van der Waals surface area contributed by atoms with Crippen molar-refractivity contribution in [3.8, 4) is 5.75 Å². The van der Waals surface area contributed by atoms with Gasteiger partial charge in [0.25, 0.3) is 0 Å². The molecule has 0 aliphatic rings. The van der Waals surface area contributed by atoms with Crippen LogP contribution in [0.4, 0.5) is 5.69 Å². The minimum Gasteiger partial charge on any atom is -0.421 e. The van der Waals surface area contributed by atoms with Crippen molar-refractivity contribution in [3.05, 3.63) is 108 Å². The van der Waals surface area contributed by atoms with Crippen LogP contribution in [0.2, 0.25) is 0 Å². The van der Waals surface area contributed by atoms with Crippen molar-refractivity contribution in [2.45, 2.75) is 6.92 Å². The van der Waals surface area contributed by atoms with Gasteiger partial charge in [0, 0.05) is 10.8 Å². The van der Waals surface area contributed by atoms with E-state index >= 15 is 0 Å². The maximum atomic E-state index is 12.6. The third-order valence-electron chi connectivity index (χ3n) is 5.16. The normalized spacial score (nSPS) is 11.0. The molecule has 1 N–H and O–H groups in total. The molecule has 0 bridgehead atoms. The average molecular weight is 392 g/mol. The molecule has 146 valence electrons. The second kappa shape index (κ2) is 7.41. The van der Waals surface area contributed by atoms with Crippen LogP contribution in [0.3, 0.4) is 0 Å². The fraction of sp³-hybridized carbons (Fsp3) is 0.0385. The summed E-state index contributed by atoms with van der Waals surface area (Å²) in [6, 6.07) is 31.3. The zero-order valence-corrected chi connectivity index (χ0v) is 16.5. The Morgan fingerprint density at radius 1 is 0.767 bits per heavy atom. The lowest BCUT2D eigenvalue weighted by atomic mass is 10.2. The van der Waals surface area contributed by atoms with Crippen LogP contribution in [-0.2, 0) is 0 Å². The molecule has 5 rings (SSSR count). The summed E-state index contributed by atoms with van der Waals surface area (Å²) in [4.78, 5) is 12.6. The first-order valence-electron chi connectivity index (χ1n) is 9.84. The molecule has 1 heterocycles. The van der Waals surface area contributed by atoms with Crippen LogP contribution in [0.15, 0.2) is 97.1 Å². The van der Waals surface area contributed by atoms with Gasteiger partial charge in [0.2, 0.25) is 0 Å². The first-order chi connectivity index (χ1) is 14.7. The minimum atomic E-state index is -0.385. The van der Waals surface area contributed by atoms with Crippen LogP contribution in [0.25, 0.3) is 21.8 Å². The van der Waals surface area contributed by atoms with Crippen LogP contribution >= 0.6 is 0 Å². The zero-order chi connectivity index (χ0) is 20.5. The molecule has 0 amide bonds. The molecular weight excluding hydrogens is 372 g/mol. The molecule has 4 heteroatoms. The molecule has 1 aromatic heterocycles. The Morgan fingerprint density at radius 3 is 2.03 bits per heavy atom. The number of fused-ring (bicyclic) bond motifs is 3. The Balaban J connectivity index is 1.59. The largest absolute Gasteiger partial charge is 0.421 e. The Hall–Kier alpha value is -4.05. The lowest BCUT2D eigenvalue weighted by Gasteiger charge is -2.16. The van der Waals surface area contributed by atoms with Crippen molar-refractivity contribution in [1.29, 1.82) is 0 Å². The van der Waals surface area contributed by atoms with Gasteiger partial charge in [0.1, 0.15) is 0 Å². The molecule has 0 aliphatic heterocycles. The fourth-order valence-electron chi connectivity index (χ4n) is 3.72. The standard InChI is InChI=1S/C26H20N2O2/c1-18-15-16-25(30-26(29)19-9-3-2-4-10-19)22(17-18)27-28-23-13-7-5-11-20(23)21-12-6-8-14-24(21)28/h2-17,27H,1H3. The van der Waals surface area contributed by atoms with E-state index in [2.05, 4.69) is 29.7 Å². The summed E-state index contributed by atoms with van der Waals surface area (Å²) >= 11 is 0. The van der Waals surface area contributed by atoms with Crippen molar-refractivity contribution in [3.63, 3.8) is 0 Å². The van der Waals surface area contributed by atoms with E-state index in [4.69, 9.17) is 4.74 Å². The highest BCUT2D eigenvalue weighted by Gasteiger charge is 2.15. The number of esters is 1. The van der Waals surface area contributed by atoms with Gasteiger partial charge in [-0.1, -0.05) is 60.7 Å². The van der Waals surface area contributed by atoms with Crippen molar-refractivity contribution >= 4 is 33.5 Å². The highest BCUT2D eigenvalue weighted by molar-refractivity contribution is 6.08. The number of nitrogens with one attached hydrogen (secondary N) is 1. The highest BCUT2D eigenvalue weighted by atomic mass is 16.5. The monoisotopic (exact) mass is 392 g/mol. The lowest BCUT2D eigenvalue weighted by Crippen LogP contribution is -2.13. The molecule has 0 unspecified atom stereocenters. The number of anilines is 1. The quantitative estimate of drug-likeness (QED) is 0.293. The first kappa shape index (κ1) is 18.0. The molecule has 5 aromatic rings. The van der Waals surface area contributed by atoms with Gasteiger partial charge in [-0.2, -0.15) is 0 Å². The molecule has 0 atom stereocenters. The van der Waals surface area contributed by atoms with E-state index in [-0.39, 0.29) is 5.97 Å². The Labute approximate surface area is 174 Å². The number of hydrogen-bond donors (Lipinski definition) is 1. The van der Waals surface area contributed by atoms with Crippen LogP contribution in [0.1, 0.15) is 15.9 Å². The molecule has 30 heavy (non-hydrogen) atoms. The summed E-state index contributed by atoms with van der Waals surface area (Å²) in [5.74, 6) is 0.0982. The molecule has 0 spiro atoms. The highest BCUT2D eigenvalue weighted by Crippen LogP contribution is 2.32. The van der Waals surface area contributed by atoms with E-state index in [9.17, 15) is 4.79 Å². The number of nitrogens with zero attached hydrogens (tertiary/aromatic N) is 1. The topological polar surface area (TPSA) is 43.3 Å². The molecule has 0 aliphatic carbocycles. The van der Waals surface area contributed by atoms with Crippen LogP contribution in [-0.4, -0.2) is 10.6 Å². The molecule has 4 nitrogen and oxygen atoms in total. The van der Waals surface area contributed by atoms with Gasteiger partial charge < -0.3 is 4.74 Å². The Kier molecular flexibility index (Phi) is 4.45. The van der Waals surface area contributed by atoms with Crippen LogP contribution < -0.4 is 10.2 Å². The second-order valence-corrected chi connectivity index (χ2v) is 7.24. The Bertz CT molecular complexity index is 1320. The number of benzene rings is 4. The maximum absolute atomic E-state index is 12.6. The van der Waals surface area contributed by atoms with Gasteiger partial charge in [0.15, 0.2) is 5.75 Å². The number of hydrogen-bond acceptors (Lipinski definition) is 3. The maximum Gasteiger partial charge on any atom is 0.343 e. The van der Waals surface area contributed by atoms with Crippen molar-refractivity contribution < 1.29 is 9.53 Å². The fourth-order valence-corrected chi connectivity index (χ4v) is 3.72. The predicted octanol–water partition coefficient (Wildman–Crippen LogP) is 6.20. The van der Waals surface area contributed by atoms with Gasteiger partial charge in [0.05, 0.1) is 22.3 Å². The summed E-state index contributed by atoms with van der Waals surface area (Å²) < 4.78 is 7.79. The third kappa shape index (κ3) is 3.18. The number of para-hydroxylation sites is 2. The number of aryl methyl sites for hydroxylation is 1. The van der Waals surface area contributed by atoms with Gasteiger partial charge in [-0.3, -0.25) is 10.1 Å². The Morgan fingerprint density at radius 2 is 1.37 bits per heavy atom. The SMILES string of the molecule is Cc1ccc(OC(=O)c2ccccc2)c(Nn2c3ccccc3c3ccccc32)c1. The van der Waals surface area contributed by atoms with E-state index in [0.717, 1.165) is 33.1 Å². The summed E-state index contributed by atoms with van der Waals surface area (Å²) in [6.45, 7) is 2.01. The smallest absolute Gasteiger partial charge is 0.343 e. The molecular formula is C26H20N2O2. The van der Waals surface area contributed by atoms with Crippen molar-refractivity contribution in [2.75, 3.05) is 5.43 Å². The summed E-state index contributed by atoms with van der Waals surface area (Å²) in [5.41, 5.74) is 7.90. The minimum absolute atomic E-state index is 0.385. The molecule has 0 fully saturated rings. The number of rotatable bonds is 4. The number of carbonyl (C=O) groups is 1. The van der Waals surface area contributed by atoms with E-state index < -0.39 is 0 Å². The lowest BCUT2D eigenvalue weighted by molar-refractivity contribution is 0.0735. The second-order valence-electron chi connectivity index (χ2n) is 7.24. The molecule has 4 aromatic carbocycles. The van der Waals surface area contributed by atoms with Crippen molar-refractivity contribution in [1.82, 2.24) is 4.68 Å². The van der Waals surface area contributed by atoms with Gasteiger partial charge in [-0.15, -0.1) is 0 Å². The zero-order valence-electron chi connectivity index (χ0n) is 16.5. The molecule has 0 saturated heterocycles. The van der Waals surface area contributed by atoms with Crippen molar-refractivity contribution in [2.24, 2.45) is 0 Å². The van der Waals surface area contributed by atoms with Crippen LogP contribution in [0, 0.1) is 6.92 Å². The summed E-state index contributed by atoms with van der Waals surface area (Å²) in [5, 5.41) is 2.33. The van der Waals surface area contributed by atoms with Crippen LogP contribution in [0.5, 0.6) is 5.75 Å². The summed E-state index contributed by atoms with van der Waals surface area (Å²) in [6.07, 6.45) is 0. The van der Waals surface area contributed by atoms with E-state index in [1.165, 1.54) is 0 Å². The molecule has 0 radical (unpaired) electrons. The van der Waals surface area contributed by atoms with E-state index in [1.807, 2.05) is 72.3 Å². The number of aromatic nitrogens is 1. The third-order valence-corrected chi connectivity index (χ3v) is 5.16. The predicted molar refractivity (Wildman–Crippen MR) is 121 cm³/mol. The van der Waals surface area contributed by atoms with E-state index in [1.54, 1.807) is 12.1 Å². The van der Waals surface area contributed by atoms with Gasteiger partial charge >= 0.3 is 5.97 Å².